The van der Waals surface area contributed by atoms with Crippen molar-refractivity contribution in [1.82, 2.24) is 20.3 Å². The number of ether oxygens (including phenoxy) is 1. The molecule has 1 atom stereocenters. The normalized spacial score (nSPS) is 12.9. The number of nitrogens with one attached hydrogen (secondary N) is 1. The number of likely N-dealkylation sites (N-methyl/N-ethyl adjacent to an activating group) is 1. The van der Waals surface area contributed by atoms with Crippen LogP contribution in [0.5, 0.6) is 0 Å². The van der Waals surface area contributed by atoms with Gasteiger partial charge in [-0.05, 0) is 13.0 Å². The summed E-state index contributed by atoms with van der Waals surface area (Å²) >= 11 is 0. The smallest absolute Gasteiger partial charge is 0.0843 e. The van der Waals surface area contributed by atoms with E-state index in [9.17, 15) is 0 Å². The zero-order valence-corrected chi connectivity index (χ0v) is 10.4. The summed E-state index contributed by atoms with van der Waals surface area (Å²) in [7, 11) is 1.88. The molecule has 0 radical (unpaired) electrons. The summed E-state index contributed by atoms with van der Waals surface area (Å²) in [5.74, 6) is 0. The minimum absolute atomic E-state index is 0.327. The van der Waals surface area contributed by atoms with Crippen molar-refractivity contribution < 1.29 is 4.74 Å². The van der Waals surface area contributed by atoms with E-state index < -0.39 is 0 Å². The fourth-order valence-corrected chi connectivity index (χ4v) is 1.59. The zero-order valence-electron chi connectivity index (χ0n) is 10.4. The molecule has 1 N–H and O–H groups in total. The molecule has 1 aromatic heterocycles. The summed E-state index contributed by atoms with van der Waals surface area (Å²) in [6.07, 6.45) is 3.87. The van der Waals surface area contributed by atoms with Crippen LogP contribution in [0.4, 0.5) is 0 Å². The molecule has 0 fully saturated rings. The highest BCUT2D eigenvalue weighted by Crippen LogP contribution is 1.99. The van der Waals surface area contributed by atoms with Crippen molar-refractivity contribution in [1.29, 1.82) is 0 Å². The topological polar surface area (TPSA) is 52.0 Å². The van der Waals surface area contributed by atoms with Crippen LogP contribution in [0.2, 0.25) is 0 Å². The maximum Gasteiger partial charge on any atom is 0.0843 e. The first-order valence-electron chi connectivity index (χ1n) is 5.92. The van der Waals surface area contributed by atoms with Crippen molar-refractivity contribution >= 4 is 0 Å². The Kier molecular flexibility index (Phi) is 6.03. The van der Waals surface area contributed by atoms with Gasteiger partial charge in [-0.3, -0.25) is 4.68 Å². The first-order chi connectivity index (χ1) is 7.76. The average molecular weight is 226 g/mol. The Hall–Kier alpha value is -0.940. The number of aromatic nitrogens is 3. The molecule has 0 aliphatic heterocycles. The molecule has 0 amide bonds. The van der Waals surface area contributed by atoms with Crippen LogP contribution in [-0.4, -0.2) is 40.8 Å². The summed E-state index contributed by atoms with van der Waals surface area (Å²) in [6, 6.07) is 0.327. The summed E-state index contributed by atoms with van der Waals surface area (Å²) in [4.78, 5) is 0. The maximum atomic E-state index is 5.56. The lowest BCUT2D eigenvalue weighted by molar-refractivity contribution is 0.112. The fourth-order valence-electron chi connectivity index (χ4n) is 1.59. The Morgan fingerprint density at radius 2 is 2.31 bits per heavy atom. The summed E-state index contributed by atoms with van der Waals surface area (Å²) in [5, 5.41) is 11.4. The number of aryl methyl sites for hydroxylation is 1. The number of rotatable bonds is 8. The molecule has 1 unspecified atom stereocenters. The van der Waals surface area contributed by atoms with Gasteiger partial charge in [0, 0.05) is 32.3 Å². The molecule has 5 nitrogen and oxygen atoms in total. The second-order valence-corrected chi connectivity index (χ2v) is 3.92. The summed E-state index contributed by atoms with van der Waals surface area (Å²) in [5.41, 5.74) is 1.01. The largest absolute Gasteiger partial charge is 0.380 e. The molecule has 1 heterocycles. The molecule has 92 valence electrons. The Labute approximate surface area is 97.2 Å². The fraction of sp³-hybridized carbons (Fsp3) is 0.818. The van der Waals surface area contributed by atoms with E-state index in [0.717, 1.165) is 38.3 Å². The van der Waals surface area contributed by atoms with Gasteiger partial charge < -0.3 is 10.1 Å². The second-order valence-electron chi connectivity index (χ2n) is 3.92. The van der Waals surface area contributed by atoms with Gasteiger partial charge in [-0.15, -0.1) is 5.10 Å². The quantitative estimate of drug-likeness (QED) is 0.665. The van der Waals surface area contributed by atoms with E-state index in [4.69, 9.17) is 4.74 Å². The number of nitrogens with zero attached hydrogens (tertiary/aromatic N) is 3. The highest BCUT2D eigenvalue weighted by atomic mass is 16.5. The van der Waals surface area contributed by atoms with Gasteiger partial charge in [-0.2, -0.15) is 0 Å². The molecule has 16 heavy (non-hydrogen) atoms. The van der Waals surface area contributed by atoms with Crippen LogP contribution in [-0.2, 0) is 18.2 Å². The van der Waals surface area contributed by atoms with E-state index in [1.54, 1.807) is 4.68 Å². The number of hydrogen-bond donors (Lipinski definition) is 1. The van der Waals surface area contributed by atoms with Crippen LogP contribution in [0.1, 0.15) is 26.0 Å². The molecule has 0 bridgehead atoms. The summed E-state index contributed by atoms with van der Waals surface area (Å²) < 4.78 is 7.29. The molecular formula is C11H22N4O. The molecule has 0 aliphatic rings. The highest BCUT2D eigenvalue weighted by Gasteiger charge is 2.10. The van der Waals surface area contributed by atoms with Crippen LogP contribution < -0.4 is 5.32 Å². The van der Waals surface area contributed by atoms with Gasteiger partial charge in [-0.1, -0.05) is 19.1 Å². The third-order valence-electron chi connectivity index (χ3n) is 2.27. The molecule has 1 aromatic rings. The lowest BCUT2D eigenvalue weighted by atomic mass is 10.2. The molecule has 0 aromatic carbocycles. The van der Waals surface area contributed by atoms with E-state index in [2.05, 4.69) is 29.5 Å². The predicted octanol–water partition coefficient (Wildman–Crippen LogP) is 0.762. The third kappa shape index (κ3) is 4.72. The molecule has 0 saturated heterocycles. The minimum atomic E-state index is 0.327. The minimum Gasteiger partial charge on any atom is -0.380 e. The SMILES string of the molecule is CCCOCC(Cc1cn(C)nn1)NCC. The lowest BCUT2D eigenvalue weighted by Crippen LogP contribution is -2.35. The summed E-state index contributed by atoms with van der Waals surface area (Å²) in [6.45, 7) is 6.72. The molecule has 5 heteroatoms. The van der Waals surface area contributed by atoms with Crippen molar-refractivity contribution in [2.75, 3.05) is 19.8 Å². The Balaban J connectivity index is 2.37. The van der Waals surface area contributed by atoms with Crippen molar-refractivity contribution in [3.8, 4) is 0 Å². The van der Waals surface area contributed by atoms with Crippen molar-refractivity contribution in [2.24, 2.45) is 7.05 Å². The van der Waals surface area contributed by atoms with E-state index in [1.165, 1.54) is 0 Å². The lowest BCUT2D eigenvalue weighted by Gasteiger charge is -2.16. The van der Waals surface area contributed by atoms with Crippen LogP contribution in [0.15, 0.2) is 6.20 Å². The van der Waals surface area contributed by atoms with E-state index >= 15 is 0 Å². The van der Waals surface area contributed by atoms with Gasteiger partial charge >= 0.3 is 0 Å². The predicted molar refractivity (Wildman–Crippen MR) is 63.3 cm³/mol. The first-order valence-corrected chi connectivity index (χ1v) is 5.92. The van der Waals surface area contributed by atoms with E-state index in [0.29, 0.717) is 6.04 Å². The van der Waals surface area contributed by atoms with E-state index in [1.807, 2.05) is 13.2 Å². The van der Waals surface area contributed by atoms with Gasteiger partial charge in [0.05, 0.1) is 12.3 Å². The van der Waals surface area contributed by atoms with Gasteiger partial charge in [0.15, 0.2) is 0 Å². The van der Waals surface area contributed by atoms with E-state index in [-0.39, 0.29) is 0 Å². The Morgan fingerprint density at radius 1 is 1.50 bits per heavy atom. The second kappa shape index (κ2) is 7.35. The van der Waals surface area contributed by atoms with Gasteiger partial charge in [0.1, 0.15) is 0 Å². The first kappa shape index (κ1) is 13.1. The molecule has 1 rings (SSSR count). The monoisotopic (exact) mass is 226 g/mol. The van der Waals surface area contributed by atoms with Crippen molar-refractivity contribution in [3.05, 3.63) is 11.9 Å². The average Bonchev–Trinajstić information content (AvgIpc) is 2.65. The van der Waals surface area contributed by atoms with Crippen LogP contribution in [0.25, 0.3) is 0 Å². The maximum absolute atomic E-state index is 5.56. The van der Waals surface area contributed by atoms with Crippen LogP contribution in [0, 0.1) is 0 Å². The highest BCUT2D eigenvalue weighted by molar-refractivity contribution is 4.95. The molecular weight excluding hydrogens is 204 g/mol. The molecule has 0 aliphatic carbocycles. The van der Waals surface area contributed by atoms with Gasteiger partial charge in [0.2, 0.25) is 0 Å². The molecule has 0 spiro atoms. The van der Waals surface area contributed by atoms with Gasteiger partial charge in [-0.25, -0.2) is 0 Å². The van der Waals surface area contributed by atoms with Crippen molar-refractivity contribution in [3.63, 3.8) is 0 Å². The van der Waals surface area contributed by atoms with Crippen LogP contribution >= 0.6 is 0 Å². The Morgan fingerprint density at radius 3 is 2.88 bits per heavy atom. The molecule has 0 saturated carbocycles. The van der Waals surface area contributed by atoms with Gasteiger partial charge in [0.25, 0.3) is 0 Å². The zero-order chi connectivity index (χ0) is 11.8. The van der Waals surface area contributed by atoms with Crippen molar-refractivity contribution in [2.45, 2.75) is 32.7 Å². The Bertz CT molecular complexity index is 287. The number of hydrogen-bond acceptors (Lipinski definition) is 4. The standard InChI is InChI=1S/C11H22N4O/c1-4-6-16-9-11(12-5-2)7-10-8-15(3)14-13-10/h8,11-12H,4-7,9H2,1-3H3. The third-order valence-corrected chi connectivity index (χ3v) is 2.27. The van der Waals surface area contributed by atoms with Crippen LogP contribution in [0.3, 0.4) is 0 Å².